The van der Waals surface area contributed by atoms with Gasteiger partial charge in [0.25, 0.3) is 0 Å². The van der Waals surface area contributed by atoms with Gasteiger partial charge in [-0.15, -0.1) is 11.3 Å². The third kappa shape index (κ3) is 2.29. The summed E-state index contributed by atoms with van der Waals surface area (Å²) in [6.07, 6.45) is 0.181. The van der Waals surface area contributed by atoms with E-state index in [-0.39, 0.29) is 23.5 Å². The van der Waals surface area contributed by atoms with Gasteiger partial charge in [-0.3, -0.25) is 4.79 Å². The van der Waals surface area contributed by atoms with Crippen molar-refractivity contribution in [3.05, 3.63) is 51.9 Å². The number of carbonyl (C=O) groups excluding carboxylic acids is 1. The number of aryl methyl sites for hydroxylation is 1. The third-order valence-electron chi connectivity index (χ3n) is 2.75. The Bertz CT molecular complexity index is 760. The molecule has 0 radical (unpaired) electrons. The second-order valence-electron chi connectivity index (χ2n) is 4.25. The molecule has 0 N–H and O–H groups in total. The summed E-state index contributed by atoms with van der Waals surface area (Å²) < 4.78 is 18.8. The monoisotopic (exact) mass is 275 g/mol. The Kier molecular flexibility index (Phi) is 2.91. The van der Waals surface area contributed by atoms with Gasteiger partial charge in [-0.05, 0) is 19.1 Å². The SMILES string of the molecule is Cc1csc(CC(=O)c2cc3cccc(F)c3o2)n1. The van der Waals surface area contributed by atoms with E-state index in [2.05, 4.69) is 4.98 Å². The van der Waals surface area contributed by atoms with E-state index < -0.39 is 5.82 Å². The zero-order valence-electron chi connectivity index (χ0n) is 10.1. The van der Waals surface area contributed by atoms with E-state index in [0.29, 0.717) is 5.39 Å². The third-order valence-corrected chi connectivity index (χ3v) is 3.72. The minimum atomic E-state index is -0.457. The number of ketones is 1. The second-order valence-corrected chi connectivity index (χ2v) is 5.19. The fourth-order valence-electron chi connectivity index (χ4n) is 1.87. The van der Waals surface area contributed by atoms with Crippen molar-refractivity contribution in [2.45, 2.75) is 13.3 Å². The van der Waals surface area contributed by atoms with E-state index in [1.54, 1.807) is 18.2 Å². The maximum Gasteiger partial charge on any atom is 0.204 e. The van der Waals surface area contributed by atoms with Gasteiger partial charge in [0, 0.05) is 16.5 Å². The number of hydrogen-bond acceptors (Lipinski definition) is 4. The lowest BCUT2D eigenvalue weighted by Crippen LogP contribution is -2.01. The molecule has 0 aliphatic heterocycles. The minimum Gasteiger partial charge on any atom is -0.450 e. The molecule has 0 unspecified atom stereocenters. The highest BCUT2D eigenvalue weighted by Gasteiger charge is 2.16. The van der Waals surface area contributed by atoms with Crippen LogP contribution in [0.15, 0.2) is 34.1 Å². The van der Waals surface area contributed by atoms with Gasteiger partial charge in [0.1, 0.15) is 5.01 Å². The molecule has 3 aromatic rings. The summed E-state index contributed by atoms with van der Waals surface area (Å²) >= 11 is 1.43. The lowest BCUT2D eigenvalue weighted by atomic mass is 10.2. The average Bonchev–Trinajstić information content (AvgIpc) is 2.96. The normalized spacial score (nSPS) is 11.1. The van der Waals surface area contributed by atoms with Crippen molar-refractivity contribution in [2.24, 2.45) is 0 Å². The van der Waals surface area contributed by atoms with Crippen LogP contribution < -0.4 is 0 Å². The number of Topliss-reactive ketones (excluding diaryl/α,β-unsaturated/α-hetero) is 1. The van der Waals surface area contributed by atoms with E-state index in [4.69, 9.17) is 4.42 Å². The Balaban J connectivity index is 1.91. The maximum atomic E-state index is 13.5. The highest BCUT2D eigenvalue weighted by molar-refractivity contribution is 7.09. The fraction of sp³-hybridized carbons (Fsp3) is 0.143. The van der Waals surface area contributed by atoms with E-state index in [1.807, 2.05) is 12.3 Å². The van der Waals surface area contributed by atoms with Crippen molar-refractivity contribution in [2.75, 3.05) is 0 Å². The fourth-order valence-corrected chi connectivity index (χ4v) is 2.64. The number of fused-ring (bicyclic) bond motifs is 1. The molecule has 2 heterocycles. The smallest absolute Gasteiger partial charge is 0.204 e. The van der Waals surface area contributed by atoms with Crippen molar-refractivity contribution in [1.82, 2.24) is 4.98 Å². The predicted octanol–water partition coefficient (Wildman–Crippen LogP) is 3.76. The van der Waals surface area contributed by atoms with Crippen LogP contribution in [0.5, 0.6) is 0 Å². The van der Waals surface area contributed by atoms with Gasteiger partial charge in [0.15, 0.2) is 17.2 Å². The van der Waals surface area contributed by atoms with Gasteiger partial charge in [-0.2, -0.15) is 0 Å². The summed E-state index contributed by atoms with van der Waals surface area (Å²) in [5, 5.41) is 3.23. The van der Waals surface area contributed by atoms with Gasteiger partial charge in [0.2, 0.25) is 5.78 Å². The van der Waals surface area contributed by atoms with E-state index in [0.717, 1.165) is 10.7 Å². The number of thiazole rings is 1. The first-order valence-corrected chi connectivity index (χ1v) is 6.64. The lowest BCUT2D eigenvalue weighted by molar-refractivity contribution is 0.0968. The molecule has 0 aliphatic rings. The number of hydrogen-bond donors (Lipinski definition) is 0. The summed E-state index contributed by atoms with van der Waals surface area (Å²) in [6, 6.07) is 6.18. The topological polar surface area (TPSA) is 43.1 Å². The first-order chi connectivity index (χ1) is 9.13. The molecule has 0 saturated carbocycles. The molecule has 2 aromatic heterocycles. The summed E-state index contributed by atoms with van der Waals surface area (Å²) in [5.41, 5.74) is 1.02. The molecule has 96 valence electrons. The minimum absolute atomic E-state index is 0.126. The number of benzene rings is 1. The molecule has 5 heteroatoms. The van der Waals surface area contributed by atoms with Crippen molar-refractivity contribution >= 4 is 28.1 Å². The standard InChI is InChI=1S/C14H10FNO2S/c1-8-7-19-13(16-8)6-11(17)12-5-9-3-2-4-10(15)14(9)18-12/h2-5,7H,6H2,1H3. The molecule has 0 spiro atoms. The first-order valence-electron chi connectivity index (χ1n) is 5.76. The van der Waals surface area contributed by atoms with Crippen molar-refractivity contribution < 1.29 is 13.6 Å². The number of rotatable bonds is 3. The van der Waals surface area contributed by atoms with Crippen molar-refractivity contribution in [3.63, 3.8) is 0 Å². The lowest BCUT2D eigenvalue weighted by Gasteiger charge is -1.93. The molecule has 0 amide bonds. The summed E-state index contributed by atoms with van der Waals surface area (Å²) in [4.78, 5) is 16.3. The van der Waals surface area contributed by atoms with Crippen LogP contribution in [0.1, 0.15) is 21.3 Å². The van der Waals surface area contributed by atoms with E-state index >= 15 is 0 Å². The van der Waals surface area contributed by atoms with Crippen LogP contribution in [0, 0.1) is 12.7 Å². The zero-order valence-corrected chi connectivity index (χ0v) is 11.0. The summed E-state index contributed by atoms with van der Waals surface area (Å²) in [5.74, 6) is -0.473. The number of carbonyl (C=O) groups is 1. The van der Waals surface area contributed by atoms with Gasteiger partial charge in [-0.25, -0.2) is 9.37 Å². The van der Waals surface area contributed by atoms with Crippen LogP contribution in [0.4, 0.5) is 4.39 Å². The summed E-state index contributed by atoms with van der Waals surface area (Å²) in [6.45, 7) is 1.88. The van der Waals surface area contributed by atoms with Crippen LogP contribution in [0.25, 0.3) is 11.0 Å². The van der Waals surface area contributed by atoms with Gasteiger partial charge in [0.05, 0.1) is 6.42 Å². The quantitative estimate of drug-likeness (QED) is 0.683. The van der Waals surface area contributed by atoms with Crippen molar-refractivity contribution in [3.8, 4) is 0 Å². The molecule has 0 aliphatic carbocycles. The maximum absolute atomic E-state index is 13.5. The Labute approximate surface area is 112 Å². The molecule has 0 atom stereocenters. The van der Waals surface area contributed by atoms with Crippen LogP contribution in [-0.4, -0.2) is 10.8 Å². The molecule has 3 nitrogen and oxygen atoms in total. The molecular formula is C14H10FNO2S. The average molecular weight is 275 g/mol. The molecule has 19 heavy (non-hydrogen) atoms. The van der Waals surface area contributed by atoms with Crippen LogP contribution in [0.2, 0.25) is 0 Å². The number of aromatic nitrogens is 1. The molecular weight excluding hydrogens is 265 g/mol. The van der Waals surface area contributed by atoms with E-state index in [1.165, 1.54) is 17.4 Å². The Morgan fingerprint density at radius 2 is 2.32 bits per heavy atom. The van der Waals surface area contributed by atoms with Gasteiger partial charge >= 0.3 is 0 Å². The highest BCUT2D eigenvalue weighted by atomic mass is 32.1. The largest absolute Gasteiger partial charge is 0.450 e. The van der Waals surface area contributed by atoms with Crippen LogP contribution >= 0.6 is 11.3 Å². The number of halogens is 1. The second kappa shape index (κ2) is 4.59. The highest BCUT2D eigenvalue weighted by Crippen LogP contribution is 2.23. The molecule has 0 saturated heterocycles. The number of furan rings is 1. The predicted molar refractivity (Wildman–Crippen MR) is 71.1 cm³/mol. The van der Waals surface area contributed by atoms with E-state index in [9.17, 15) is 9.18 Å². The number of nitrogens with zero attached hydrogens (tertiary/aromatic N) is 1. The Morgan fingerprint density at radius 1 is 1.47 bits per heavy atom. The number of para-hydroxylation sites is 1. The molecule has 1 aromatic carbocycles. The first kappa shape index (κ1) is 12.0. The zero-order chi connectivity index (χ0) is 13.4. The van der Waals surface area contributed by atoms with Crippen LogP contribution in [0.3, 0.4) is 0 Å². The summed E-state index contributed by atoms with van der Waals surface area (Å²) in [7, 11) is 0. The van der Waals surface area contributed by atoms with Gasteiger partial charge < -0.3 is 4.42 Å². The Hall–Kier alpha value is -2.01. The van der Waals surface area contributed by atoms with Gasteiger partial charge in [-0.1, -0.05) is 12.1 Å². The van der Waals surface area contributed by atoms with Crippen molar-refractivity contribution in [1.29, 1.82) is 0 Å². The molecule has 3 rings (SSSR count). The Morgan fingerprint density at radius 3 is 3.00 bits per heavy atom. The molecule has 0 bridgehead atoms. The van der Waals surface area contributed by atoms with Crippen LogP contribution in [-0.2, 0) is 6.42 Å². The molecule has 0 fully saturated rings.